The molecule has 3 aromatic rings. The zero-order valence-electron chi connectivity index (χ0n) is 13.7. The van der Waals surface area contributed by atoms with Crippen molar-refractivity contribution in [2.45, 2.75) is 12.2 Å². The highest BCUT2D eigenvalue weighted by atomic mass is 16.4. The van der Waals surface area contributed by atoms with Crippen molar-refractivity contribution in [2.75, 3.05) is 17.7 Å². The standard InChI is InChI=1S/C18H18N4O4/c19-10-5-1-2-6-11(10)22-18(26)16-15(17(25)14(24)9-23)20-12-7-3-4-8-13(12)21-16/h1-8,14,17,23-25H,9,19H2,(H,22,26)/t14-,17+/m1/s1. The van der Waals surface area contributed by atoms with Crippen molar-refractivity contribution in [3.05, 3.63) is 59.9 Å². The first-order valence-electron chi connectivity index (χ1n) is 7.90. The molecule has 8 nitrogen and oxygen atoms in total. The number of carbonyl (C=O) groups excluding carboxylic acids is 1. The Bertz CT molecular complexity index is 947. The molecule has 8 heteroatoms. The lowest BCUT2D eigenvalue weighted by atomic mass is 10.1. The van der Waals surface area contributed by atoms with E-state index in [1.54, 1.807) is 48.5 Å². The van der Waals surface area contributed by atoms with Crippen LogP contribution in [0.5, 0.6) is 0 Å². The molecular weight excluding hydrogens is 336 g/mol. The molecule has 1 aromatic heterocycles. The topological polar surface area (TPSA) is 142 Å². The van der Waals surface area contributed by atoms with Crippen molar-refractivity contribution in [1.29, 1.82) is 0 Å². The minimum absolute atomic E-state index is 0.128. The molecule has 0 aliphatic heterocycles. The van der Waals surface area contributed by atoms with Gasteiger partial charge in [0.05, 0.1) is 29.0 Å². The Labute approximate surface area is 149 Å². The number of para-hydroxylation sites is 4. The van der Waals surface area contributed by atoms with Gasteiger partial charge in [-0.15, -0.1) is 0 Å². The van der Waals surface area contributed by atoms with Crippen LogP contribution in [0.3, 0.4) is 0 Å². The first-order chi connectivity index (χ1) is 12.5. The molecule has 2 aromatic carbocycles. The molecule has 0 bridgehead atoms. The van der Waals surface area contributed by atoms with Crippen LogP contribution >= 0.6 is 0 Å². The number of fused-ring (bicyclic) bond motifs is 1. The lowest BCUT2D eigenvalue weighted by molar-refractivity contribution is -0.0176. The van der Waals surface area contributed by atoms with Gasteiger partial charge in [0.1, 0.15) is 17.9 Å². The highest BCUT2D eigenvalue weighted by Gasteiger charge is 2.27. The quantitative estimate of drug-likeness (QED) is 0.428. The maximum atomic E-state index is 12.7. The molecular formula is C18H18N4O4. The highest BCUT2D eigenvalue weighted by Crippen LogP contribution is 2.24. The summed E-state index contributed by atoms with van der Waals surface area (Å²) in [6.07, 6.45) is -3.08. The Balaban J connectivity index is 2.07. The van der Waals surface area contributed by atoms with Crippen molar-refractivity contribution in [3.63, 3.8) is 0 Å². The lowest BCUT2D eigenvalue weighted by Gasteiger charge is -2.18. The van der Waals surface area contributed by atoms with Crippen LogP contribution in [0.15, 0.2) is 48.5 Å². The van der Waals surface area contributed by atoms with Gasteiger partial charge in [0.25, 0.3) is 5.91 Å². The second-order valence-electron chi connectivity index (χ2n) is 5.68. The van der Waals surface area contributed by atoms with Gasteiger partial charge in [0.15, 0.2) is 5.69 Å². The number of hydrogen-bond donors (Lipinski definition) is 5. The van der Waals surface area contributed by atoms with E-state index in [4.69, 9.17) is 10.8 Å². The first-order valence-corrected chi connectivity index (χ1v) is 7.90. The number of rotatable bonds is 5. The molecule has 2 atom stereocenters. The molecule has 0 aliphatic rings. The third-order valence-corrected chi connectivity index (χ3v) is 3.85. The summed E-state index contributed by atoms with van der Waals surface area (Å²) in [6, 6.07) is 13.5. The van der Waals surface area contributed by atoms with Crippen molar-refractivity contribution in [1.82, 2.24) is 9.97 Å². The number of benzene rings is 2. The van der Waals surface area contributed by atoms with Gasteiger partial charge in [-0.1, -0.05) is 24.3 Å². The van der Waals surface area contributed by atoms with Crippen LogP contribution in [0, 0.1) is 0 Å². The predicted octanol–water partition coefficient (Wildman–Crippen LogP) is 0.851. The van der Waals surface area contributed by atoms with E-state index in [1.165, 1.54) is 0 Å². The summed E-state index contributed by atoms with van der Waals surface area (Å²) in [5.74, 6) is -0.639. The number of aliphatic hydroxyl groups excluding tert-OH is 3. The second kappa shape index (κ2) is 7.44. The van der Waals surface area contributed by atoms with E-state index in [-0.39, 0.29) is 11.4 Å². The Morgan fingerprint density at radius 2 is 1.65 bits per heavy atom. The third kappa shape index (κ3) is 3.47. The van der Waals surface area contributed by atoms with Crippen LogP contribution in [0.25, 0.3) is 11.0 Å². The smallest absolute Gasteiger partial charge is 0.276 e. The van der Waals surface area contributed by atoms with Crippen LogP contribution < -0.4 is 11.1 Å². The van der Waals surface area contributed by atoms with Crippen LogP contribution in [-0.4, -0.2) is 43.9 Å². The van der Waals surface area contributed by atoms with E-state index in [1.807, 2.05) is 0 Å². The summed E-state index contributed by atoms with van der Waals surface area (Å²) in [7, 11) is 0. The van der Waals surface area contributed by atoms with E-state index < -0.39 is 24.7 Å². The van der Waals surface area contributed by atoms with Gasteiger partial charge in [-0.2, -0.15) is 0 Å². The molecule has 26 heavy (non-hydrogen) atoms. The van der Waals surface area contributed by atoms with Crippen LogP contribution in [-0.2, 0) is 0 Å². The molecule has 0 fully saturated rings. The molecule has 6 N–H and O–H groups in total. The molecule has 0 unspecified atom stereocenters. The Morgan fingerprint density at radius 1 is 1.04 bits per heavy atom. The van der Waals surface area contributed by atoms with E-state index in [2.05, 4.69) is 15.3 Å². The van der Waals surface area contributed by atoms with Crippen molar-refractivity contribution >= 4 is 28.3 Å². The molecule has 1 amide bonds. The van der Waals surface area contributed by atoms with Gasteiger partial charge in [-0.25, -0.2) is 9.97 Å². The van der Waals surface area contributed by atoms with Crippen molar-refractivity contribution in [3.8, 4) is 0 Å². The molecule has 1 heterocycles. The van der Waals surface area contributed by atoms with Gasteiger partial charge in [0.2, 0.25) is 0 Å². The SMILES string of the molecule is Nc1ccccc1NC(=O)c1nc2ccccc2nc1[C@@H](O)[C@H](O)CO. The van der Waals surface area contributed by atoms with Gasteiger partial charge in [-0.3, -0.25) is 4.79 Å². The average molecular weight is 354 g/mol. The van der Waals surface area contributed by atoms with Gasteiger partial charge < -0.3 is 26.4 Å². The fourth-order valence-corrected chi connectivity index (χ4v) is 2.46. The Hall–Kier alpha value is -3.07. The zero-order valence-corrected chi connectivity index (χ0v) is 13.7. The van der Waals surface area contributed by atoms with Gasteiger partial charge in [0, 0.05) is 0 Å². The fraction of sp³-hybridized carbons (Fsp3) is 0.167. The molecule has 0 radical (unpaired) electrons. The monoisotopic (exact) mass is 354 g/mol. The number of aromatic nitrogens is 2. The summed E-state index contributed by atoms with van der Waals surface area (Å²) in [5, 5.41) is 31.8. The van der Waals surface area contributed by atoms with Gasteiger partial charge in [-0.05, 0) is 24.3 Å². The minimum Gasteiger partial charge on any atom is -0.397 e. The Kier molecular flexibility index (Phi) is 5.08. The third-order valence-electron chi connectivity index (χ3n) is 3.85. The number of amides is 1. The Morgan fingerprint density at radius 3 is 2.31 bits per heavy atom. The number of nitrogens with zero attached hydrogens (tertiary/aromatic N) is 2. The number of nitrogen functional groups attached to an aromatic ring is 1. The van der Waals surface area contributed by atoms with Crippen LogP contribution in [0.2, 0.25) is 0 Å². The number of anilines is 2. The van der Waals surface area contributed by atoms with E-state index >= 15 is 0 Å². The minimum atomic E-state index is -1.58. The maximum absolute atomic E-state index is 12.7. The van der Waals surface area contributed by atoms with E-state index in [0.29, 0.717) is 22.4 Å². The molecule has 134 valence electrons. The predicted molar refractivity (Wildman–Crippen MR) is 96.4 cm³/mol. The maximum Gasteiger partial charge on any atom is 0.276 e. The molecule has 0 saturated heterocycles. The summed E-state index contributed by atoms with van der Waals surface area (Å²) < 4.78 is 0. The number of hydrogen-bond acceptors (Lipinski definition) is 7. The fourth-order valence-electron chi connectivity index (χ4n) is 2.46. The summed E-state index contributed by atoms with van der Waals surface area (Å²) in [6.45, 7) is -0.692. The second-order valence-corrected chi connectivity index (χ2v) is 5.68. The summed E-state index contributed by atoms with van der Waals surface area (Å²) in [5.41, 5.74) is 7.20. The highest BCUT2D eigenvalue weighted by molar-refractivity contribution is 6.06. The first kappa shape index (κ1) is 17.7. The number of carbonyl (C=O) groups is 1. The van der Waals surface area contributed by atoms with Gasteiger partial charge >= 0.3 is 0 Å². The van der Waals surface area contributed by atoms with E-state index in [9.17, 15) is 15.0 Å². The number of nitrogens with two attached hydrogens (primary N) is 1. The normalized spacial score (nSPS) is 13.3. The zero-order chi connectivity index (χ0) is 18.7. The molecule has 3 rings (SSSR count). The van der Waals surface area contributed by atoms with E-state index in [0.717, 1.165) is 0 Å². The molecule has 0 aliphatic carbocycles. The molecule has 0 spiro atoms. The van der Waals surface area contributed by atoms with Crippen LogP contribution in [0.1, 0.15) is 22.3 Å². The van der Waals surface area contributed by atoms with Crippen molar-refractivity contribution < 1.29 is 20.1 Å². The number of aliphatic hydroxyl groups is 3. The van der Waals surface area contributed by atoms with Crippen LogP contribution in [0.4, 0.5) is 11.4 Å². The average Bonchev–Trinajstić information content (AvgIpc) is 2.67. The largest absolute Gasteiger partial charge is 0.397 e. The summed E-state index contributed by atoms with van der Waals surface area (Å²) in [4.78, 5) is 21.2. The molecule has 0 saturated carbocycles. The lowest BCUT2D eigenvalue weighted by Crippen LogP contribution is -2.27. The number of nitrogens with one attached hydrogen (secondary N) is 1. The van der Waals surface area contributed by atoms with Crippen molar-refractivity contribution in [2.24, 2.45) is 0 Å². The summed E-state index contributed by atoms with van der Waals surface area (Å²) >= 11 is 0.